The van der Waals surface area contributed by atoms with Gasteiger partial charge in [0.2, 0.25) is 5.91 Å². The lowest BCUT2D eigenvalue weighted by Gasteiger charge is -2.47. The van der Waals surface area contributed by atoms with Crippen molar-refractivity contribution < 1.29 is 32.5 Å². The normalized spacial score (nSPS) is 26.0. The molecule has 3 rings (SSSR count). The first-order valence-electron chi connectivity index (χ1n) is 8.15. The number of amides is 1. The summed E-state index contributed by atoms with van der Waals surface area (Å²) in [6, 6.07) is 2.96. The number of carbonyl (C=O) groups is 1. The number of piperidine rings is 1. The predicted molar refractivity (Wildman–Crippen MR) is 82.1 cm³/mol. The van der Waals surface area contributed by atoms with Gasteiger partial charge in [-0.05, 0) is 44.9 Å². The Morgan fingerprint density at radius 2 is 2.04 bits per heavy atom. The van der Waals surface area contributed by atoms with Gasteiger partial charge < -0.3 is 19.5 Å². The monoisotopic (exact) mass is 359 g/mol. The SMILES string of the molecule is CC1(C)Oc2ccc(OC(F)(F)F)cc2[C@H](N2CCCCC2=O)[C@H]1O. The van der Waals surface area contributed by atoms with Crippen molar-refractivity contribution in [1.82, 2.24) is 4.90 Å². The molecule has 1 aromatic rings. The molecule has 1 fully saturated rings. The molecule has 2 aliphatic heterocycles. The maximum absolute atomic E-state index is 12.5. The van der Waals surface area contributed by atoms with Crippen LogP contribution >= 0.6 is 0 Å². The summed E-state index contributed by atoms with van der Waals surface area (Å²) in [6.07, 6.45) is -3.99. The average molecular weight is 359 g/mol. The van der Waals surface area contributed by atoms with Crippen molar-refractivity contribution in [2.24, 2.45) is 0 Å². The Bertz CT molecular complexity index is 674. The van der Waals surface area contributed by atoms with Gasteiger partial charge in [0, 0.05) is 18.5 Å². The van der Waals surface area contributed by atoms with Gasteiger partial charge in [0.25, 0.3) is 0 Å². The maximum atomic E-state index is 12.5. The van der Waals surface area contributed by atoms with E-state index < -0.39 is 29.9 Å². The number of hydrogen-bond acceptors (Lipinski definition) is 4. The smallest absolute Gasteiger partial charge is 0.485 e. The molecule has 0 spiro atoms. The van der Waals surface area contributed by atoms with Crippen LogP contribution in [0, 0.1) is 0 Å². The molecule has 0 aliphatic carbocycles. The zero-order valence-electron chi connectivity index (χ0n) is 14.0. The van der Waals surface area contributed by atoms with E-state index in [9.17, 15) is 23.1 Å². The number of benzene rings is 1. The largest absolute Gasteiger partial charge is 0.573 e. The molecule has 2 atom stereocenters. The Labute approximate surface area is 143 Å². The summed E-state index contributed by atoms with van der Waals surface area (Å²) in [5.41, 5.74) is -0.661. The van der Waals surface area contributed by atoms with E-state index in [4.69, 9.17) is 4.74 Å². The van der Waals surface area contributed by atoms with Crippen LogP contribution < -0.4 is 9.47 Å². The third-order valence-corrected chi connectivity index (χ3v) is 4.61. The van der Waals surface area contributed by atoms with E-state index in [0.29, 0.717) is 24.3 Å². The molecule has 25 heavy (non-hydrogen) atoms. The lowest BCUT2D eigenvalue weighted by atomic mass is 9.84. The molecule has 0 radical (unpaired) electrons. The minimum Gasteiger partial charge on any atom is -0.485 e. The van der Waals surface area contributed by atoms with E-state index in [0.717, 1.165) is 18.9 Å². The zero-order chi connectivity index (χ0) is 18.4. The molecule has 0 aromatic heterocycles. The molecule has 138 valence electrons. The number of fused-ring (bicyclic) bond motifs is 1. The molecule has 2 heterocycles. The van der Waals surface area contributed by atoms with Crippen LogP contribution in [0.5, 0.6) is 11.5 Å². The topological polar surface area (TPSA) is 59.0 Å². The quantitative estimate of drug-likeness (QED) is 0.881. The molecule has 1 N–H and O–H groups in total. The standard InChI is InChI=1S/C17H20F3NO4/c1-16(2)15(23)14(21-8-4-3-5-13(21)22)11-9-10(24-17(18,19)20)6-7-12(11)25-16/h6-7,9,14-15,23H,3-5,8H2,1-2H3/t14-,15+/m0/s1. The van der Waals surface area contributed by atoms with Crippen LogP contribution in [0.25, 0.3) is 0 Å². The summed E-state index contributed by atoms with van der Waals surface area (Å²) >= 11 is 0. The van der Waals surface area contributed by atoms with Gasteiger partial charge in [0.15, 0.2) is 0 Å². The van der Waals surface area contributed by atoms with Crippen LogP contribution in [-0.4, -0.2) is 40.5 Å². The Morgan fingerprint density at radius 1 is 1.32 bits per heavy atom. The van der Waals surface area contributed by atoms with Gasteiger partial charge in [-0.1, -0.05) is 0 Å². The summed E-state index contributed by atoms with van der Waals surface area (Å²) in [5.74, 6) is -0.189. The molecule has 8 heteroatoms. The number of halogens is 3. The van der Waals surface area contributed by atoms with Gasteiger partial charge in [-0.3, -0.25) is 4.79 Å². The fraction of sp³-hybridized carbons (Fsp3) is 0.588. The van der Waals surface area contributed by atoms with Crippen LogP contribution in [0.1, 0.15) is 44.7 Å². The fourth-order valence-electron chi connectivity index (χ4n) is 3.40. The Morgan fingerprint density at radius 3 is 2.68 bits per heavy atom. The maximum Gasteiger partial charge on any atom is 0.573 e. The molecule has 0 bridgehead atoms. The second-order valence-electron chi connectivity index (χ2n) is 6.89. The number of alkyl halides is 3. The molecule has 5 nitrogen and oxygen atoms in total. The van der Waals surface area contributed by atoms with E-state index in [1.807, 2.05) is 0 Å². The predicted octanol–water partition coefficient (Wildman–Crippen LogP) is 3.17. The van der Waals surface area contributed by atoms with Crippen LogP contribution in [0.4, 0.5) is 13.2 Å². The molecule has 1 aromatic carbocycles. The van der Waals surface area contributed by atoms with Crippen molar-refractivity contribution in [3.63, 3.8) is 0 Å². The number of rotatable bonds is 2. The highest BCUT2D eigenvalue weighted by atomic mass is 19.4. The van der Waals surface area contributed by atoms with Crippen molar-refractivity contribution in [3.05, 3.63) is 23.8 Å². The van der Waals surface area contributed by atoms with Crippen molar-refractivity contribution in [3.8, 4) is 11.5 Å². The van der Waals surface area contributed by atoms with Gasteiger partial charge in [-0.15, -0.1) is 13.2 Å². The van der Waals surface area contributed by atoms with Crippen molar-refractivity contribution in [1.29, 1.82) is 0 Å². The number of aliphatic hydroxyl groups excluding tert-OH is 1. The van der Waals surface area contributed by atoms with Crippen molar-refractivity contribution in [2.75, 3.05) is 6.54 Å². The first-order chi connectivity index (χ1) is 11.6. The first-order valence-corrected chi connectivity index (χ1v) is 8.15. The van der Waals surface area contributed by atoms with Gasteiger partial charge in [0.05, 0.1) is 6.04 Å². The molecule has 1 saturated heterocycles. The highest BCUT2D eigenvalue weighted by Crippen LogP contribution is 2.45. The van der Waals surface area contributed by atoms with Crippen LogP contribution in [0.3, 0.4) is 0 Å². The van der Waals surface area contributed by atoms with Gasteiger partial charge in [-0.2, -0.15) is 0 Å². The fourth-order valence-corrected chi connectivity index (χ4v) is 3.40. The van der Waals surface area contributed by atoms with Crippen molar-refractivity contribution >= 4 is 5.91 Å². The number of aliphatic hydroxyl groups is 1. The highest BCUT2D eigenvalue weighted by Gasteiger charge is 2.47. The Balaban J connectivity index is 2.04. The van der Waals surface area contributed by atoms with E-state index in [1.165, 1.54) is 17.0 Å². The van der Waals surface area contributed by atoms with Crippen LogP contribution in [0.2, 0.25) is 0 Å². The van der Waals surface area contributed by atoms with E-state index >= 15 is 0 Å². The summed E-state index contributed by atoms with van der Waals surface area (Å²) in [5, 5.41) is 10.8. The third kappa shape index (κ3) is 3.53. The first kappa shape index (κ1) is 17.8. The molecule has 2 aliphatic rings. The van der Waals surface area contributed by atoms with E-state index in [2.05, 4.69) is 4.74 Å². The lowest BCUT2D eigenvalue weighted by Crippen LogP contribution is -2.55. The molecular weight excluding hydrogens is 339 g/mol. The average Bonchev–Trinajstić information content (AvgIpc) is 2.49. The summed E-state index contributed by atoms with van der Waals surface area (Å²) in [7, 11) is 0. The van der Waals surface area contributed by atoms with E-state index in [-0.39, 0.29) is 5.91 Å². The molecular formula is C17H20F3NO4. The zero-order valence-corrected chi connectivity index (χ0v) is 14.0. The number of carbonyl (C=O) groups excluding carboxylic acids is 1. The van der Waals surface area contributed by atoms with Gasteiger partial charge in [-0.25, -0.2) is 0 Å². The second-order valence-corrected chi connectivity index (χ2v) is 6.89. The minimum absolute atomic E-state index is 0.124. The Hall–Kier alpha value is -1.96. The third-order valence-electron chi connectivity index (χ3n) is 4.61. The summed E-state index contributed by atoms with van der Waals surface area (Å²) < 4.78 is 47.3. The molecule has 0 saturated carbocycles. The summed E-state index contributed by atoms with van der Waals surface area (Å²) in [4.78, 5) is 13.9. The van der Waals surface area contributed by atoms with Crippen LogP contribution in [0.15, 0.2) is 18.2 Å². The number of likely N-dealkylation sites (tertiary alicyclic amines) is 1. The van der Waals surface area contributed by atoms with E-state index in [1.54, 1.807) is 13.8 Å². The molecule has 0 unspecified atom stereocenters. The summed E-state index contributed by atoms with van der Waals surface area (Å²) in [6.45, 7) is 3.81. The lowest BCUT2D eigenvalue weighted by molar-refractivity contribution is -0.274. The van der Waals surface area contributed by atoms with Crippen LogP contribution in [-0.2, 0) is 4.79 Å². The van der Waals surface area contributed by atoms with Crippen molar-refractivity contribution in [2.45, 2.75) is 57.2 Å². The highest BCUT2D eigenvalue weighted by molar-refractivity contribution is 5.77. The van der Waals surface area contributed by atoms with Gasteiger partial charge >= 0.3 is 6.36 Å². The number of hydrogen-bond donors (Lipinski definition) is 1. The Kier molecular flexibility index (Phi) is 4.35. The molecule has 1 amide bonds. The second kappa shape index (κ2) is 6.09. The number of ether oxygens (including phenoxy) is 2. The van der Waals surface area contributed by atoms with Gasteiger partial charge in [0.1, 0.15) is 23.2 Å². The number of nitrogens with zero attached hydrogens (tertiary/aromatic N) is 1. The minimum atomic E-state index is -4.82.